The zero-order valence-corrected chi connectivity index (χ0v) is 22.0. The Labute approximate surface area is 226 Å². The third-order valence-electron chi connectivity index (χ3n) is 6.69. The number of carbonyl (C=O) groups excluding carboxylic acids is 1. The molecule has 2 nitrogen and oxygen atoms in total. The van der Waals surface area contributed by atoms with Crippen LogP contribution >= 0.6 is 0 Å². The van der Waals surface area contributed by atoms with Crippen molar-refractivity contribution in [3.8, 4) is 28.0 Å². The van der Waals surface area contributed by atoms with Gasteiger partial charge < -0.3 is 4.74 Å². The molecule has 39 heavy (non-hydrogen) atoms. The maximum absolute atomic E-state index is 15.0. The molecule has 6 heteroatoms. The van der Waals surface area contributed by atoms with Gasteiger partial charge in [-0.15, -0.1) is 0 Å². The van der Waals surface area contributed by atoms with Crippen LogP contribution in [0.5, 0.6) is 5.75 Å². The van der Waals surface area contributed by atoms with Gasteiger partial charge in [0.1, 0.15) is 5.75 Å². The first kappa shape index (κ1) is 28.1. The van der Waals surface area contributed by atoms with Crippen molar-refractivity contribution in [3.05, 3.63) is 113 Å². The molecule has 0 aromatic heterocycles. The maximum atomic E-state index is 15.0. The lowest BCUT2D eigenvalue weighted by atomic mass is 9.97. The number of hydrogen-bond donors (Lipinski definition) is 0. The van der Waals surface area contributed by atoms with E-state index in [1.165, 1.54) is 48.5 Å². The first-order valence-electron chi connectivity index (χ1n) is 13.2. The number of ether oxygens (including phenoxy) is 1. The van der Waals surface area contributed by atoms with Crippen molar-refractivity contribution in [3.63, 3.8) is 0 Å². The van der Waals surface area contributed by atoms with Gasteiger partial charge >= 0.3 is 5.97 Å². The van der Waals surface area contributed by atoms with Crippen molar-refractivity contribution in [2.45, 2.75) is 52.4 Å². The minimum absolute atomic E-state index is 0.0449. The number of aryl methyl sites for hydroxylation is 2. The lowest BCUT2D eigenvalue weighted by Gasteiger charge is -2.11. The molecule has 0 radical (unpaired) electrons. The second kappa shape index (κ2) is 12.7. The van der Waals surface area contributed by atoms with Crippen molar-refractivity contribution < 1.29 is 27.1 Å². The highest BCUT2D eigenvalue weighted by Crippen LogP contribution is 2.32. The fourth-order valence-corrected chi connectivity index (χ4v) is 4.51. The molecule has 4 aromatic carbocycles. The van der Waals surface area contributed by atoms with Crippen LogP contribution in [0, 0.1) is 23.3 Å². The second-order valence-electron chi connectivity index (χ2n) is 9.51. The predicted molar refractivity (Wildman–Crippen MR) is 146 cm³/mol. The molecule has 0 atom stereocenters. The molecule has 0 spiro atoms. The summed E-state index contributed by atoms with van der Waals surface area (Å²) in [5, 5.41) is 0. The Hall–Kier alpha value is -3.93. The monoisotopic (exact) mass is 534 g/mol. The molecule has 4 rings (SSSR count). The van der Waals surface area contributed by atoms with E-state index in [-0.39, 0.29) is 22.4 Å². The summed E-state index contributed by atoms with van der Waals surface area (Å²) in [6.45, 7) is 4.09. The average molecular weight is 535 g/mol. The number of rotatable bonds is 10. The summed E-state index contributed by atoms with van der Waals surface area (Å²) >= 11 is 0. The van der Waals surface area contributed by atoms with Crippen molar-refractivity contribution in [1.82, 2.24) is 0 Å². The molecule has 0 N–H and O–H groups in total. The molecule has 0 aliphatic rings. The molecule has 0 saturated carbocycles. The van der Waals surface area contributed by atoms with Gasteiger partial charge in [0.05, 0.1) is 5.56 Å². The predicted octanol–water partition coefficient (Wildman–Crippen LogP) is 9.48. The summed E-state index contributed by atoms with van der Waals surface area (Å²) < 4.78 is 64.2. The van der Waals surface area contributed by atoms with E-state index in [0.29, 0.717) is 17.5 Å². The number of halogens is 4. The fraction of sp³-hybridized carbons (Fsp3) is 0.242. The molecule has 0 amide bonds. The molecular formula is C33H30F4O2. The summed E-state index contributed by atoms with van der Waals surface area (Å²) in [5.74, 6) is -5.24. The molecule has 0 bridgehead atoms. The lowest BCUT2D eigenvalue weighted by molar-refractivity contribution is 0.0728. The Kier molecular flexibility index (Phi) is 9.18. The van der Waals surface area contributed by atoms with Crippen LogP contribution in [-0.2, 0) is 12.8 Å². The van der Waals surface area contributed by atoms with Crippen molar-refractivity contribution in [2.75, 3.05) is 0 Å². The summed E-state index contributed by atoms with van der Waals surface area (Å²) in [6, 6.07) is 18.7. The van der Waals surface area contributed by atoms with Crippen molar-refractivity contribution in [1.29, 1.82) is 0 Å². The van der Waals surface area contributed by atoms with E-state index >= 15 is 4.39 Å². The Morgan fingerprint density at radius 2 is 1.21 bits per heavy atom. The van der Waals surface area contributed by atoms with Gasteiger partial charge in [0.15, 0.2) is 23.3 Å². The second-order valence-corrected chi connectivity index (χ2v) is 9.51. The molecule has 0 fully saturated rings. The average Bonchev–Trinajstić information content (AvgIpc) is 2.94. The number of esters is 1. The van der Waals surface area contributed by atoms with E-state index in [1.54, 1.807) is 12.1 Å². The van der Waals surface area contributed by atoms with Crippen LogP contribution in [0.2, 0.25) is 0 Å². The summed E-state index contributed by atoms with van der Waals surface area (Å²) in [5.41, 5.74) is 1.99. The minimum atomic E-state index is -1.25. The Balaban J connectivity index is 1.49. The SMILES string of the molecule is CCCCCc1ccc(C(=O)Oc2ccc(-c3ccc(-c4ccc(CCC)cc4)c(F)c3F)cc2)c(F)c1F. The Morgan fingerprint density at radius 3 is 1.77 bits per heavy atom. The minimum Gasteiger partial charge on any atom is -0.423 e. The molecule has 4 aromatic rings. The zero-order chi connectivity index (χ0) is 27.9. The van der Waals surface area contributed by atoms with E-state index in [2.05, 4.69) is 6.92 Å². The Bertz CT molecular complexity index is 1440. The van der Waals surface area contributed by atoms with E-state index in [9.17, 15) is 18.0 Å². The quantitative estimate of drug-likeness (QED) is 0.0877. The van der Waals surface area contributed by atoms with Crippen LogP contribution in [-0.4, -0.2) is 5.97 Å². The van der Waals surface area contributed by atoms with Gasteiger partial charge in [-0.3, -0.25) is 0 Å². The molecule has 0 aliphatic carbocycles. The molecule has 0 unspecified atom stereocenters. The molecular weight excluding hydrogens is 504 g/mol. The fourth-order valence-electron chi connectivity index (χ4n) is 4.51. The van der Waals surface area contributed by atoms with Gasteiger partial charge in [-0.05, 0) is 59.7 Å². The highest BCUT2D eigenvalue weighted by atomic mass is 19.2. The van der Waals surface area contributed by atoms with E-state index < -0.39 is 34.8 Å². The van der Waals surface area contributed by atoms with Gasteiger partial charge in [-0.25, -0.2) is 22.4 Å². The van der Waals surface area contributed by atoms with Crippen molar-refractivity contribution in [2.24, 2.45) is 0 Å². The normalized spacial score (nSPS) is 11.0. The molecule has 0 heterocycles. The zero-order valence-electron chi connectivity index (χ0n) is 22.0. The van der Waals surface area contributed by atoms with Crippen LogP contribution < -0.4 is 4.74 Å². The standard InChI is InChI=1S/C33H30F4O2/c1-3-5-6-8-24-15-18-28(32(37)29(24)34)33(38)39-25-16-13-23(14-17-25)27-20-19-26(30(35)31(27)36)22-11-9-21(7-4-2)10-12-22/h9-20H,3-8H2,1-2H3. The van der Waals surface area contributed by atoms with Gasteiger partial charge in [0, 0.05) is 11.1 Å². The van der Waals surface area contributed by atoms with E-state index in [0.717, 1.165) is 37.7 Å². The van der Waals surface area contributed by atoms with Crippen molar-refractivity contribution >= 4 is 5.97 Å². The molecule has 202 valence electrons. The summed E-state index contributed by atoms with van der Waals surface area (Å²) in [7, 11) is 0. The first-order valence-corrected chi connectivity index (χ1v) is 13.2. The Morgan fingerprint density at radius 1 is 0.615 bits per heavy atom. The highest BCUT2D eigenvalue weighted by Gasteiger charge is 2.21. The lowest BCUT2D eigenvalue weighted by Crippen LogP contribution is -2.13. The van der Waals surface area contributed by atoms with Crippen LogP contribution in [0.15, 0.2) is 72.8 Å². The van der Waals surface area contributed by atoms with Gasteiger partial charge in [-0.1, -0.05) is 87.7 Å². The van der Waals surface area contributed by atoms with E-state index in [4.69, 9.17) is 4.74 Å². The van der Waals surface area contributed by atoms with Crippen LogP contribution in [0.4, 0.5) is 17.6 Å². The van der Waals surface area contributed by atoms with Crippen LogP contribution in [0.25, 0.3) is 22.3 Å². The summed E-state index contributed by atoms with van der Waals surface area (Å²) in [6.07, 6.45) is 4.87. The third kappa shape index (κ3) is 6.39. The molecule has 0 saturated heterocycles. The first-order chi connectivity index (χ1) is 18.8. The third-order valence-corrected chi connectivity index (χ3v) is 6.69. The summed E-state index contributed by atoms with van der Waals surface area (Å²) in [4.78, 5) is 12.5. The van der Waals surface area contributed by atoms with E-state index in [1.807, 2.05) is 19.1 Å². The number of unbranched alkanes of at least 4 members (excludes halogenated alkanes) is 2. The largest absolute Gasteiger partial charge is 0.423 e. The highest BCUT2D eigenvalue weighted by molar-refractivity contribution is 5.91. The van der Waals surface area contributed by atoms with Crippen LogP contribution in [0.1, 0.15) is 61.0 Å². The van der Waals surface area contributed by atoms with Gasteiger partial charge in [0.25, 0.3) is 0 Å². The smallest absolute Gasteiger partial charge is 0.346 e. The number of hydrogen-bond acceptors (Lipinski definition) is 2. The van der Waals surface area contributed by atoms with Crippen LogP contribution in [0.3, 0.4) is 0 Å². The number of benzene rings is 4. The topological polar surface area (TPSA) is 26.3 Å². The van der Waals surface area contributed by atoms with Gasteiger partial charge in [0.2, 0.25) is 0 Å². The number of carbonyl (C=O) groups is 1. The maximum Gasteiger partial charge on any atom is 0.346 e. The molecule has 0 aliphatic heterocycles. The van der Waals surface area contributed by atoms with Gasteiger partial charge in [-0.2, -0.15) is 0 Å².